The first-order valence-electron chi connectivity index (χ1n) is 5.82. The topological polar surface area (TPSA) is 62.1 Å². The molecule has 0 aliphatic carbocycles. The summed E-state index contributed by atoms with van der Waals surface area (Å²) in [6.07, 6.45) is 0.689. The standard InChI is InChI=1S/C13H13BrN2O2S/c14-10-3-1-2-4-11(10)18-7-12(17)16-13(8-15)5-6-19-9-13/h1-4H,5-7,9H2,(H,16,17)/t13-/m1/s1. The fraction of sp³-hybridized carbons (Fsp3) is 0.385. The smallest absolute Gasteiger partial charge is 0.259 e. The molecule has 0 aromatic heterocycles. The van der Waals surface area contributed by atoms with Crippen LogP contribution in [0.3, 0.4) is 0 Å². The molecule has 0 bridgehead atoms. The van der Waals surface area contributed by atoms with E-state index >= 15 is 0 Å². The van der Waals surface area contributed by atoms with Gasteiger partial charge in [0.15, 0.2) is 6.61 Å². The van der Waals surface area contributed by atoms with E-state index in [9.17, 15) is 4.79 Å². The van der Waals surface area contributed by atoms with E-state index in [-0.39, 0.29) is 12.5 Å². The summed E-state index contributed by atoms with van der Waals surface area (Å²) in [4.78, 5) is 11.8. The zero-order chi connectivity index (χ0) is 13.7. The number of thioether (sulfide) groups is 1. The lowest BCUT2D eigenvalue weighted by molar-refractivity contribution is -0.124. The van der Waals surface area contributed by atoms with Crippen molar-refractivity contribution < 1.29 is 9.53 Å². The number of nitrogens with zero attached hydrogens (tertiary/aromatic N) is 1. The summed E-state index contributed by atoms with van der Waals surface area (Å²) >= 11 is 5.03. The maximum absolute atomic E-state index is 11.8. The fourth-order valence-corrected chi connectivity index (χ4v) is 3.45. The van der Waals surface area contributed by atoms with E-state index in [4.69, 9.17) is 10.00 Å². The monoisotopic (exact) mass is 340 g/mol. The van der Waals surface area contributed by atoms with E-state index in [0.717, 1.165) is 10.2 Å². The number of carbonyl (C=O) groups is 1. The summed E-state index contributed by atoms with van der Waals surface area (Å²) in [6.45, 7) is -0.0866. The van der Waals surface area contributed by atoms with Crippen LogP contribution in [0.4, 0.5) is 0 Å². The van der Waals surface area contributed by atoms with Crippen molar-refractivity contribution in [3.8, 4) is 11.8 Å². The lowest BCUT2D eigenvalue weighted by atomic mass is 10.0. The molecule has 2 rings (SSSR count). The van der Waals surface area contributed by atoms with E-state index in [1.807, 2.05) is 18.2 Å². The molecule has 1 heterocycles. The number of benzene rings is 1. The first kappa shape index (κ1) is 14.2. The first-order valence-corrected chi connectivity index (χ1v) is 7.77. The number of halogens is 1. The number of nitriles is 1. The van der Waals surface area contributed by atoms with E-state index in [2.05, 4.69) is 27.3 Å². The molecular weight excluding hydrogens is 328 g/mol. The van der Waals surface area contributed by atoms with Crippen molar-refractivity contribution in [3.05, 3.63) is 28.7 Å². The number of carbonyl (C=O) groups excluding carboxylic acids is 1. The number of hydrogen-bond donors (Lipinski definition) is 1. The largest absolute Gasteiger partial charge is 0.483 e. The van der Waals surface area contributed by atoms with Gasteiger partial charge in [0.2, 0.25) is 0 Å². The minimum atomic E-state index is -0.723. The molecule has 6 heteroatoms. The number of rotatable bonds is 4. The highest BCUT2D eigenvalue weighted by Crippen LogP contribution is 2.27. The number of hydrogen-bond acceptors (Lipinski definition) is 4. The van der Waals surface area contributed by atoms with Gasteiger partial charge in [-0.05, 0) is 40.2 Å². The van der Waals surface area contributed by atoms with Crippen molar-refractivity contribution in [2.75, 3.05) is 18.1 Å². The molecular formula is C13H13BrN2O2S. The highest BCUT2D eigenvalue weighted by molar-refractivity contribution is 9.10. The van der Waals surface area contributed by atoms with Crippen molar-refractivity contribution in [1.82, 2.24) is 5.32 Å². The minimum absolute atomic E-state index is 0.0866. The predicted molar refractivity (Wildman–Crippen MR) is 78.1 cm³/mol. The molecule has 1 amide bonds. The number of amides is 1. The maximum Gasteiger partial charge on any atom is 0.259 e. The van der Waals surface area contributed by atoms with Crippen LogP contribution in [0.25, 0.3) is 0 Å². The first-order chi connectivity index (χ1) is 9.15. The van der Waals surface area contributed by atoms with Crippen LogP contribution in [0.2, 0.25) is 0 Å². The molecule has 1 atom stereocenters. The summed E-state index contributed by atoms with van der Waals surface area (Å²) in [5.41, 5.74) is -0.723. The Balaban J connectivity index is 1.89. The fourth-order valence-electron chi connectivity index (χ4n) is 1.79. The van der Waals surface area contributed by atoms with Crippen molar-refractivity contribution in [2.45, 2.75) is 12.0 Å². The van der Waals surface area contributed by atoms with Crippen LogP contribution in [-0.4, -0.2) is 29.6 Å². The Kier molecular flexibility index (Phi) is 4.72. The Morgan fingerprint density at radius 1 is 1.58 bits per heavy atom. The molecule has 1 aliphatic rings. The molecule has 1 aromatic carbocycles. The molecule has 100 valence electrons. The Labute approximate surface area is 124 Å². The van der Waals surface area contributed by atoms with E-state index in [1.165, 1.54) is 0 Å². The number of nitrogens with one attached hydrogen (secondary N) is 1. The molecule has 0 spiro atoms. The van der Waals surface area contributed by atoms with Crippen LogP contribution < -0.4 is 10.1 Å². The molecule has 0 saturated carbocycles. The Morgan fingerprint density at radius 3 is 3.00 bits per heavy atom. The average Bonchev–Trinajstić information content (AvgIpc) is 2.87. The molecule has 1 aliphatic heterocycles. The van der Waals surface area contributed by atoms with Gasteiger partial charge in [0.25, 0.3) is 5.91 Å². The highest BCUT2D eigenvalue weighted by Gasteiger charge is 2.36. The quantitative estimate of drug-likeness (QED) is 0.913. The zero-order valence-corrected chi connectivity index (χ0v) is 12.6. The van der Waals surface area contributed by atoms with Gasteiger partial charge in [-0.25, -0.2) is 0 Å². The van der Waals surface area contributed by atoms with Crippen molar-refractivity contribution in [1.29, 1.82) is 5.26 Å². The minimum Gasteiger partial charge on any atom is -0.483 e. The van der Waals surface area contributed by atoms with Crippen LogP contribution in [0.5, 0.6) is 5.75 Å². The molecule has 1 saturated heterocycles. The summed E-state index contributed by atoms with van der Waals surface area (Å²) in [5.74, 6) is 1.90. The summed E-state index contributed by atoms with van der Waals surface area (Å²) < 4.78 is 6.22. The van der Waals surface area contributed by atoms with Gasteiger partial charge in [0.1, 0.15) is 11.3 Å². The van der Waals surface area contributed by atoms with Crippen LogP contribution in [0, 0.1) is 11.3 Å². The molecule has 0 radical (unpaired) electrons. The van der Waals surface area contributed by atoms with Gasteiger partial charge < -0.3 is 10.1 Å². The predicted octanol–water partition coefficient (Wildman–Crippen LogP) is 2.34. The van der Waals surface area contributed by atoms with Crippen molar-refractivity contribution >= 4 is 33.6 Å². The van der Waals surface area contributed by atoms with E-state index < -0.39 is 5.54 Å². The molecule has 1 aromatic rings. The van der Waals surface area contributed by atoms with Crippen LogP contribution in [-0.2, 0) is 4.79 Å². The SMILES string of the molecule is N#C[C@]1(NC(=O)COc2ccccc2Br)CCSC1. The van der Waals surface area contributed by atoms with Gasteiger partial charge in [-0.3, -0.25) is 4.79 Å². The average molecular weight is 341 g/mol. The lowest BCUT2D eigenvalue weighted by Gasteiger charge is -2.21. The van der Waals surface area contributed by atoms with Crippen LogP contribution in [0.15, 0.2) is 28.7 Å². The van der Waals surface area contributed by atoms with Gasteiger partial charge >= 0.3 is 0 Å². The summed E-state index contributed by atoms with van der Waals surface area (Å²) in [6, 6.07) is 9.53. The highest BCUT2D eigenvalue weighted by atomic mass is 79.9. The Morgan fingerprint density at radius 2 is 2.37 bits per heavy atom. The Hall–Kier alpha value is -1.19. The third kappa shape index (κ3) is 3.64. The van der Waals surface area contributed by atoms with Crippen molar-refractivity contribution in [2.24, 2.45) is 0 Å². The number of ether oxygens (including phenoxy) is 1. The van der Waals surface area contributed by atoms with Gasteiger partial charge in [0.05, 0.1) is 10.5 Å². The number of para-hydroxylation sites is 1. The van der Waals surface area contributed by atoms with Gasteiger partial charge in [-0.2, -0.15) is 17.0 Å². The normalized spacial score (nSPS) is 21.7. The molecule has 0 unspecified atom stereocenters. The van der Waals surface area contributed by atoms with E-state index in [0.29, 0.717) is 17.9 Å². The van der Waals surface area contributed by atoms with Crippen LogP contribution in [0.1, 0.15) is 6.42 Å². The molecule has 1 N–H and O–H groups in total. The third-order valence-corrected chi connectivity index (χ3v) is 4.65. The lowest BCUT2D eigenvalue weighted by Crippen LogP contribution is -2.49. The second-order valence-electron chi connectivity index (χ2n) is 4.26. The van der Waals surface area contributed by atoms with Gasteiger partial charge in [0, 0.05) is 5.75 Å². The molecule has 1 fully saturated rings. The maximum atomic E-state index is 11.8. The zero-order valence-electron chi connectivity index (χ0n) is 10.2. The Bertz CT molecular complexity index is 510. The third-order valence-electron chi connectivity index (χ3n) is 2.81. The van der Waals surface area contributed by atoms with E-state index in [1.54, 1.807) is 17.8 Å². The van der Waals surface area contributed by atoms with Crippen LogP contribution >= 0.6 is 27.7 Å². The van der Waals surface area contributed by atoms with Gasteiger partial charge in [-0.15, -0.1) is 0 Å². The molecule has 19 heavy (non-hydrogen) atoms. The molecule has 4 nitrogen and oxygen atoms in total. The second kappa shape index (κ2) is 6.31. The second-order valence-corrected chi connectivity index (χ2v) is 6.22. The van der Waals surface area contributed by atoms with Crippen molar-refractivity contribution in [3.63, 3.8) is 0 Å². The van der Waals surface area contributed by atoms with Gasteiger partial charge in [-0.1, -0.05) is 12.1 Å². The summed E-state index contributed by atoms with van der Waals surface area (Å²) in [5, 5.41) is 11.9. The summed E-state index contributed by atoms with van der Waals surface area (Å²) in [7, 11) is 0.